The van der Waals surface area contributed by atoms with Crippen molar-refractivity contribution in [3.05, 3.63) is 77.4 Å². The average molecular weight is 489 g/mol. The standard InChI is InChI=1S/C30H32O6/c1-19-23-13-22(29-34-17-30(2,3)18-35-29)15-26(32-5)28(23)36-27(19)21-11-12-24(25(14-21)31-4)33-16-20-9-7-6-8-10-20/h6-15,29H,16-18H2,1-5H3. The molecule has 0 amide bonds. The van der Waals surface area contributed by atoms with E-state index in [1.165, 1.54) is 0 Å². The third kappa shape index (κ3) is 4.79. The van der Waals surface area contributed by atoms with E-state index in [-0.39, 0.29) is 5.41 Å². The Kier molecular flexibility index (Phi) is 6.65. The number of hydrogen-bond acceptors (Lipinski definition) is 6. The second-order valence-electron chi connectivity index (χ2n) is 9.91. The van der Waals surface area contributed by atoms with E-state index in [1.54, 1.807) is 14.2 Å². The Bertz CT molecular complexity index is 1350. The summed E-state index contributed by atoms with van der Waals surface area (Å²) >= 11 is 0. The zero-order valence-electron chi connectivity index (χ0n) is 21.4. The van der Waals surface area contributed by atoms with Crippen LogP contribution in [0.5, 0.6) is 17.2 Å². The molecular formula is C30H32O6. The van der Waals surface area contributed by atoms with Crippen LogP contribution in [0.4, 0.5) is 0 Å². The maximum atomic E-state index is 6.35. The zero-order valence-corrected chi connectivity index (χ0v) is 21.4. The van der Waals surface area contributed by atoms with Crippen LogP contribution in [-0.4, -0.2) is 27.4 Å². The second kappa shape index (κ2) is 9.88. The summed E-state index contributed by atoms with van der Waals surface area (Å²) in [6, 6.07) is 19.9. The van der Waals surface area contributed by atoms with Crippen LogP contribution in [-0.2, 0) is 16.1 Å². The van der Waals surface area contributed by atoms with Crippen LogP contribution in [0.25, 0.3) is 22.3 Å². The van der Waals surface area contributed by atoms with E-state index in [4.69, 9.17) is 28.1 Å². The van der Waals surface area contributed by atoms with Crippen molar-refractivity contribution < 1.29 is 28.1 Å². The largest absolute Gasteiger partial charge is 0.493 e. The van der Waals surface area contributed by atoms with Crippen LogP contribution in [0.15, 0.2) is 65.1 Å². The SMILES string of the molecule is COc1cc(-c2oc3c(OC)cc(C4OCC(C)(C)CO4)cc3c2C)ccc1OCc1ccccc1. The van der Waals surface area contributed by atoms with Gasteiger partial charge in [0.2, 0.25) is 0 Å². The zero-order chi connectivity index (χ0) is 25.3. The quantitative estimate of drug-likeness (QED) is 0.277. The predicted octanol–water partition coefficient (Wildman–Crippen LogP) is 7.08. The van der Waals surface area contributed by atoms with Gasteiger partial charge in [0.05, 0.1) is 27.4 Å². The molecule has 2 heterocycles. The highest BCUT2D eigenvalue weighted by Crippen LogP contribution is 2.43. The molecule has 188 valence electrons. The summed E-state index contributed by atoms with van der Waals surface area (Å²) in [6.07, 6.45) is -0.435. The first kappa shape index (κ1) is 24.2. The Hall–Kier alpha value is -3.48. The predicted molar refractivity (Wildman–Crippen MR) is 139 cm³/mol. The molecule has 4 aromatic rings. The molecule has 0 unspecified atom stereocenters. The van der Waals surface area contributed by atoms with Gasteiger partial charge < -0.3 is 28.1 Å². The summed E-state index contributed by atoms with van der Waals surface area (Å²) in [6.45, 7) is 8.03. The minimum atomic E-state index is -0.435. The van der Waals surface area contributed by atoms with Gasteiger partial charge in [-0.3, -0.25) is 0 Å². The van der Waals surface area contributed by atoms with Crippen LogP contribution in [0.3, 0.4) is 0 Å². The highest BCUT2D eigenvalue weighted by atomic mass is 16.7. The maximum Gasteiger partial charge on any atom is 0.184 e. The molecule has 0 spiro atoms. The molecule has 0 atom stereocenters. The monoisotopic (exact) mass is 488 g/mol. The number of ether oxygens (including phenoxy) is 5. The van der Waals surface area contributed by atoms with Crippen LogP contribution in [0.1, 0.15) is 36.8 Å². The number of rotatable bonds is 7. The van der Waals surface area contributed by atoms with Crippen molar-refractivity contribution in [1.29, 1.82) is 0 Å². The van der Waals surface area contributed by atoms with Crippen molar-refractivity contribution >= 4 is 11.0 Å². The first-order valence-electron chi connectivity index (χ1n) is 12.1. The first-order chi connectivity index (χ1) is 17.4. The van der Waals surface area contributed by atoms with Gasteiger partial charge in [-0.05, 0) is 42.8 Å². The van der Waals surface area contributed by atoms with E-state index in [9.17, 15) is 0 Å². The summed E-state index contributed by atoms with van der Waals surface area (Å²) < 4.78 is 35.7. The minimum absolute atomic E-state index is 0.000553. The molecule has 5 rings (SSSR count). The lowest BCUT2D eigenvalue weighted by Crippen LogP contribution is -2.33. The second-order valence-corrected chi connectivity index (χ2v) is 9.91. The Morgan fingerprint density at radius 3 is 2.28 bits per heavy atom. The molecule has 0 radical (unpaired) electrons. The van der Waals surface area contributed by atoms with Gasteiger partial charge in [0.1, 0.15) is 12.4 Å². The number of hydrogen-bond donors (Lipinski definition) is 0. The lowest BCUT2D eigenvalue weighted by molar-refractivity contribution is -0.226. The summed E-state index contributed by atoms with van der Waals surface area (Å²) in [5.74, 6) is 2.71. The van der Waals surface area contributed by atoms with Crippen LogP contribution < -0.4 is 14.2 Å². The molecule has 0 bridgehead atoms. The molecule has 1 fully saturated rings. The third-order valence-electron chi connectivity index (χ3n) is 6.43. The van der Waals surface area contributed by atoms with Crippen molar-refractivity contribution in [2.24, 2.45) is 5.41 Å². The van der Waals surface area contributed by atoms with Crippen LogP contribution in [0.2, 0.25) is 0 Å². The Morgan fingerprint density at radius 1 is 0.861 bits per heavy atom. The van der Waals surface area contributed by atoms with Crippen molar-refractivity contribution in [2.75, 3.05) is 27.4 Å². The smallest absolute Gasteiger partial charge is 0.184 e. The van der Waals surface area contributed by atoms with E-state index < -0.39 is 6.29 Å². The summed E-state index contributed by atoms with van der Waals surface area (Å²) in [4.78, 5) is 0. The van der Waals surface area contributed by atoms with Crippen molar-refractivity contribution in [3.63, 3.8) is 0 Å². The topological polar surface area (TPSA) is 59.3 Å². The van der Waals surface area contributed by atoms with Gasteiger partial charge in [0.15, 0.2) is 29.1 Å². The minimum Gasteiger partial charge on any atom is -0.493 e. The average Bonchev–Trinajstić information content (AvgIpc) is 3.23. The molecule has 6 heteroatoms. The third-order valence-corrected chi connectivity index (χ3v) is 6.43. The molecule has 1 aliphatic rings. The number of methoxy groups -OCH3 is 2. The van der Waals surface area contributed by atoms with E-state index >= 15 is 0 Å². The molecule has 3 aromatic carbocycles. The number of furan rings is 1. The van der Waals surface area contributed by atoms with Crippen LogP contribution in [0, 0.1) is 12.3 Å². The van der Waals surface area contributed by atoms with Gasteiger partial charge in [-0.1, -0.05) is 44.2 Å². The maximum absolute atomic E-state index is 6.35. The summed E-state index contributed by atoms with van der Waals surface area (Å²) in [7, 11) is 3.28. The molecular weight excluding hydrogens is 456 g/mol. The highest BCUT2D eigenvalue weighted by molar-refractivity contribution is 5.92. The van der Waals surface area contributed by atoms with Crippen molar-refractivity contribution in [2.45, 2.75) is 33.7 Å². The van der Waals surface area contributed by atoms with Crippen molar-refractivity contribution in [3.8, 4) is 28.6 Å². The van der Waals surface area contributed by atoms with Gasteiger partial charge in [-0.15, -0.1) is 0 Å². The normalized spacial score (nSPS) is 15.7. The number of fused-ring (bicyclic) bond motifs is 1. The van der Waals surface area contributed by atoms with Gasteiger partial charge in [0, 0.05) is 27.5 Å². The van der Waals surface area contributed by atoms with Gasteiger partial charge in [-0.2, -0.15) is 0 Å². The molecule has 0 saturated carbocycles. The van der Waals surface area contributed by atoms with Crippen molar-refractivity contribution in [1.82, 2.24) is 0 Å². The summed E-state index contributed by atoms with van der Waals surface area (Å²) in [5, 5.41) is 0.958. The van der Waals surface area contributed by atoms with E-state index in [0.29, 0.717) is 42.7 Å². The molecule has 6 nitrogen and oxygen atoms in total. The lowest BCUT2D eigenvalue weighted by Gasteiger charge is -2.34. The fourth-order valence-electron chi connectivity index (χ4n) is 4.42. The van der Waals surface area contributed by atoms with Crippen LogP contribution >= 0.6 is 0 Å². The Morgan fingerprint density at radius 2 is 1.58 bits per heavy atom. The molecule has 1 aromatic heterocycles. The molecule has 1 saturated heterocycles. The van der Waals surface area contributed by atoms with E-state index in [1.807, 2.05) is 61.5 Å². The van der Waals surface area contributed by atoms with Gasteiger partial charge in [0.25, 0.3) is 0 Å². The number of benzene rings is 3. The van der Waals surface area contributed by atoms with Gasteiger partial charge >= 0.3 is 0 Å². The molecule has 0 N–H and O–H groups in total. The molecule has 0 aliphatic carbocycles. The fourth-order valence-corrected chi connectivity index (χ4v) is 4.42. The molecule has 36 heavy (non-hydrogen) atoms. The summed E-state index contributed by atoms with van der Waals surface area (Å²) in [5.41, 5.74) is 4.58. The first-order valence-corrected chi connectivity index (χ1v) is 12.1. The van der Waals surface area contributed by atoms with E-state index in [2.05, 4.69) is 19.9 Å². The Balaban J connectivity index is 1.46. The van der Waals surface area contributed by atoms with E-state index in [0.717, 1.165) is 33.4 Å². The fraction of sp³-hybridized carbons (Fsp3) is 0.333. The molecule has 1 aliphatic heterocycles. The Labute approximate surface area is 211 Å². The lowest BCUT2D eigenvalue weighted by atomic mass is 9.95. The number of aryl methyl sites for hydroxylation is 1. The highest BCUT2D eigenvalue weighted by Gasteiger charge is 2.30. The van der Waals surface area contributed by atoms with Gasteiger partial charge in [-0.25, -0.2) is 0 Å².